The molecule has 1 N–H and O–H groups in total. The summed E-state index contributed by atoms with van der Waals surface area (Å²) in [5.41, 5.74) is 0.844. The fourth-order valence-electron chi connectivity index (χ4n) is 1.25. The number of anilines is 1. The molecule has 0 spiro atoms. The van der Waals surface area contributed by atoms with Gasteiger partial charge in [0.15, 0.2) is 0 Å². The number of carbonyl (C=O) groups is 1. The lowest BCUT2D eigenvalue weighted by molar-refractivity contribution is -0.148. The van der Waals surface area contributed by atoms with Gasteiger partial charge in [0.05, 0.1) is 13.2 Å². The SMILES string of the molecule is CCOC(=O)COCCNc1ccc(F)cc1I. The van der Waals surface area contributed by atoms with Gasteiger partial charge in [0.25, 0.3) is 0 Å². The van der Waals surface area contributed by atoms with Crippen LogP contribution in [0.1, 0.15) is 6.92 Å². The summed E-state index contributed by atoms with van der Waals surface area (Å²) in [5, 5.41) is 3.09. The lowest BCUT2D eigenvalue weighted by Gasteiger charge is -2.09. The van der Waals surface area contributed by atoms with Gasteiger partial charge in [0.1, 0.15) is 12.4 Å². The molecule has 0 amide bonds. The number of nitrogens with one attached hydrogen (secondary N) is 1. The van der Waals surface area contributed by atoms with Crippen molar-refractivity contribution < 1.29 is 18.7 Å². The molecule has 0 aliphatic rings. The number of halogens is 2. The van der Waals surface area contributed by atoms with Crippen molar-refractivity contribution >= 4 is 34.2 Å². The third-order valence-electron chi connectivity index (χ3n) is 2.02. The summed E-state index contributed by atoms with van der Waals surface area (Å²) >= 11 is 2.05. The Morgan fingerprint density at radius 3 is 2.94 bits per heavy atom. The first-order valence-electron chi connectivity index (χ1n) is 5.55. The van der Waals surface area contributed by atoms with Crippen molar-refractivity contribution in [2.24, 2.45) is 0 Å². The molecule has 18 heavy (non-hydrogen) atoms. The standard InChI is InChI=1S/C12H15FINO3/c1-2-18-12(16)8-17-6-5-15-11-4-3-9(13)7-10(11)14/h3-4,7,15H,2,5-6,8H2,1H3. The summed E-state index contributed by atoms with van der Waals surface area (Å²) < 4.78 is 23.5. The van der Waals surface area contributed by atoms with E-state index >= 15 is 0 Å². The molecule has 0 saturated heterocycles. The van der Waals surface area contributed by atoms with Gasteiger partial charge in [0, 0.05) is 15.8 Å². The summed E-state index contributed by atoms with van der Waals surface area (Å²) in [5.74, 6) is -0.627. The maximum atomic E-state index is 12.8. The summed E-state index contributed by atoms with van der Waals surface area (Å²) in [6.45, 7) is 2.98. The van der Waals surface area contributed by atoms with Crippen molar-refractivity contribution in [2.75, 3.05) is 31.7 Å². The van der Waals surface area contributed by atoms with E-state index in [-0.39, 0.29) is 18.4 Å². The number of carbonyl (C=O) groups excluding carboxylic acids is 1. The molecule has 0 aliphatic heterocycles. The van der Waals surface area contributed by atoms with E-state index < -0.39 is 0 Å². The molecule has 1 aromatic rings. The predicted molar refractivity (Wildman–Crippen MR) is 75.1 cm³/mol. The molecule has 0 bridgehead atoms. The minimum atomic E-state index is -0.367. The van der Waals surface area contributed by atoms with Crippen LogP contribution in [0.2, 0.25) is 0 Å². The zero-order chi connectivity index (χ0) is 13.4. The number of ether oxygens (including phenoxy) is 2. The van der Waals surface area contributed by atoms with E-state index in [2.05, 4.69) is 27.9 Å². The molecule has 1 rings (SSSR count). The van der Waals surface area contributed by atoms with E-state index in [1.807, 2.05) is 0 Å². The Labute approximate surface area is 119 Å². The number of hydrogen-bond donors (Lipinski definition) is 1. The topological polar surface area (TPSA) is 47.6 Å². The van der Waals surface area contributed by atoms with Gasteiger partial charge in [-0.3, -0.25) is 0 Å². The van der Waals surface area contributed by atoms with Gasteiger partial charge in [-0.2, -0.15) is 0 Å². The molecule has 0 heterocycles. The average Bonchev–Trinajstić information content (AvgIpc) is 2.31. The summed E-state index contributed by atoms with van der Waals surface area (Å²) in [6, 6.07) is 4.51. The summed E-state index contributed by atoms with van der Waals surface area (Å²) in [6.07, 6.45) is 0. The van der Waals surface area contributed by atoms with E-state index in [1.165, 1.54) is 12.1 Å². The Morgan fingerprint density at radius 1 is 1.50 bits per heavy atom. The van der Waals surface area contributed by atoms with Crippen LogP contribution in [0, 0.1) is 9.39 Å². The summed E-state index contributed by atoms with van der Waals surface area (Å²) in [4.78, 5) is 11.0. The quantitative estimate of drug-likeness (QED) is 0.457. The molecular weight excluding hydrogens is 352 g/mol. The van der Waals surface area contributed by atoms with Crippen LogP contribution < -0.4 is 5.32 Å². The van der Waals surface area contributed by atoms with E-state index in [9.17, 15) is 9.18 Å². The van der Waals surface area contributed by atoms with Crippen LogP contribution in [0.25, 0.3) is 0 Å². The molecule has 0 fully saturated rings. The number of esters is 1. The Hall–Kier alpha value is -0.890. The largest absolute Gasteiger partial charge is 0.464 e. The second-order valence-corrected chi connectivity index (χ2v) is 4.57. The highest BCUT2D eigenvalue weighted by Gasteiger charge is 2.02. The van der Waals surface area contributed by atoms with Crippen molar-refractivity contribution in [3.05, 3.63) is 27.6 Å². The van der Waals surface area contributed by atoms with Crippen molar-refractivity contribution in [3.8, 4) is 0 Å². The molecule has 0 atom stereocenters. The van der Waals surface area contributed by atoms with Crippen molar-refractivity contribution in [1.82, 2.24) is 0 Å². The molecule has 100 valence electrons. The van der Waals surface area contributed by atoms with Gasteiger partial charge in [-0.25, -0.2) is 9.18 Å². The number of rotatable bonds is 7. The Kier molecular flexibility index (Phi) is 6.96. The van der Waals surface area contributed by atoms with Crippen molar-refractivity contribution in [1.29, 1.82) is 0 Å². The van der Waals surface area contributed by atoms with Crippen LogP contribution in [0.3, 0.4) is 0 Å². The smallest absolute Gasteiger partial charge is 0.332 e. The van der Waals surface area contributed by atoms with E-state index in [4.69, 9.17) is 9.47 Å². The van der Waals surface area contributed by atoms with E-state index in [0.29, 0.717) is 19.8 Å². The molecule has 4 nitrogen and oxygen atoms in total. The zero-order valence-corrected chi connectivity index (χ0v) is 12.2. The first kappa shape index (κ1) is 15.2. The number of hydrogen-bond acceptors (Lipinski definition) is 4. The van der Waals surface area contributed by atoms with Gasteiger partial charge < -0.3 is 14.8 Å². The maximum absolute atomic E-state index is 12.8. The molecule has 0 aliphatic carbocycles. The lowest BCUT2D eigenvalue weighted by Crippen LogP contribution is -2.16. The van der Waals surface area contributed by atoms with Crippen LogP contribution in [-0.2, 0) is 14.3 Å². The van der Waals surface area contributed by atoms with Gasteiger partial charge in [0.2, 0.25) is 0 Å². The first-order valence-corrected chi connectivity index (χ1v) is 6.63. The van der Waals surface area contributed by atoms with Crippen LogP contribution in [0.5, 0.6) is 0 Å². The average molecular weight is 367 g/mol. The molecule has 0 radical (unpaired) electrons. The fraction of sp³-hybridized carbons (Fsp3) is 0.417. The minimum Gasteiger partial charge on any atom is -0.464 e. The molecule has 6 heteroatoms. The Balaban J connectivity index is 2.20. The molecule has 0 saturated carbocycles. The predicted octanol–water partition coefficient (Wildman–Crippen LogP) is 2.42. The Bertz CT molecular complexity index is 401. The highest BCUT2D eigenvalue weighted by Crippen LogP contribution is 2.18. The van der Waals surface area contributed by atoms with E-state index in [1.54, 1.807) is 13.0 Å². The monoisotopic (exact) mass is 367 g/mol. The molecule has 1 aromatic carbocycles. The minimum absolute atomic E-state index is 0.0456. The fourth-order valence-corrected chi connectivity index (χ4v) is 1.92. The second-order valence-electron chi connectivity index (χ2n) is 3.41. The normalized spacial score (nSPS) is 10.2. The van der Waals surface area contributed by atoms with Gasteiger partial charge in [-0.1, -0.05) is 0 Å². The lowest BCUT2D eigenvalue weighted by atomic mass is 10.3. The second kappa shape index (κ2) is 8.25. The molecule has 0 aromatic heterocycles. The van der Waals surface area contributed by atoms with Gasteiger partial charge >= 0.3 is 5.97 Å². The Morgan fingerprint density at radius 2 is 2.28 bits per heavy atom. The zero-order valence-electron chi connectivity index (χ0n) is 10.0. The van der Waals surface area contributed by atoms with Gasteiger partial charge in [-0.15, -0.1) is 0 Å². The molecule has 0 unspecified atom stereocenters. The van der Waals surface area contributed by atoms with Crippen molar-refractivity contribution in [3.63, 3.8) is 0 Å². The third kappa shape index (κ3) is 5.63. The van der Waals surface area contributed by atoms with Crippen LogP contribution in [0.15, 0.2) is 18.2 Å². The molecular formula is C12H15FINO3. The summed E-state index contributed by atoms with van der Waals surface area (Å²) in [7, 11) is 0. The van der Waals surface area contributed by atoms with Crippen LogP contribution in [0.4, 0.5) is 10.1 Å². The highest BCUT2D eigenvalue weighted by atomic mass is 127. The highest BCUT2D eigenvalue weighted by molar-refractivity contribution is 14.1. The van der Waals surface area contributed by atoms with Crippen LogP contribution >= 0.6 is 22.6 Å². The first-order chi connectivity index (χ1) is 8.63. The third-order valence-corrected chi connectivity index (χ3v) is 2.91. The van der Waals surface area contributed by atoms with E-state index in [0.717, 1.165) is 9.26 Å². The number of benzene rings is 1. The van der Waals surface area contributed by atoms with Crippen molar-refractivity contribution in [2.45, 2.75) is 6.92 Å². The van der Waals surface area contributed by atoms with Crippen LogP contribution in [-0.4, -0.2) is 32.3 Å². The van der Waals surface area contributed by atoms with Gasteiger partial charge in [-0.05, 0) is 47.7 Å². The maximum Gasteiger partial charge on any atom is 0.332 e.